The van der Waals surface area contributed by atoms with Crippen LogP contribution in [-0.4, -0.2) is 29.9 Å². The zero-order chi connectivity index (χ0) is 15.5. The summed E-state index contributed by atoms with van der Waals surface area (Å²) in [5, 5.41) is 12.5. The highest BCUT2D eigenvalue weighted by Crippen LogP contribution is 2.37. The van der Waals surface area contributed by atoms with Crippen LogP contribution in [0, 0.1) is 11.2 Å². The highest BCUT2D eigenvalue weighted by atomic mass is 32.2. The number of aliphatic hydroxyl groups excluding tert-OH is 1. The van der Waals surface area contributed by atoms with Crippen molar-refractivity contribution in [3.8, 4) is 0 Å². The summed E-state index contributed by atoms with van der Waals surface area (Å²) in [6.45, 7) is 2.06. The van der Waals surface area contributed by atoms with Crippen LogP contribution in [-0.2, 0) is 5.75 Å². The first kappa shape index (κ1) is 16.3. The zero-order valence-corrected chi connectivity index (χ0v) is 13.3. The van der Waals surface area contributed by atoms with Crippen molar-refractivity contribution in [1.82, 2.24) is 5.32 Å². The van der Waals surface area contributed by atoms with Crippen LogP contribution < -0.4 is 5.32 Å². The summed E-state index contributed by atoms with van der Waals surface area (Å²) in [7, 11) is 0. The maximum atomic E-state index is 13.6. The number of rotatable bonds is 5. The van der Waals surface area contributed by atoms with Crippen molar-refractivity contribution in [2.45, 2.75) is 38.0 Å². The normalized spacial score (nSPS) is 25.0. The third-order valence-corrected chi connectivity index (χ3v) is 4.96. The number of carbonyl (C=O) groups excluding carboxylic acids is 1. The van der Waals surface area contributed by atoms with Crippen molar-refractivity contribution in [2.75, 3.05) is 12.9 Å². The van der Waals surface area contributed by atoms with Crippen LogP contribution >= 0.6 is 11.8 Å². The van der Waals surface area contributed by atoms with Crippen molar-refractivity contribution in [3.63, 3.8) is 0 Å². The SMILES string of the molecule is CSCc1cc(C(=O)NC2CCCC2(C)CO)ccc1F. The van der Waals surface area contributed by atoms with E-state index in [1.54, 1.807) is 6.07 Å². The maximum Gasteiger partial charge on any atom is 0.251 e. The van der Waals surface area contributed by atoms with Crippen LogP contribution in [0.2, 0.25) is 0 Å². The number of halogens is 1. The van der Waals surface area contributed by atoms with Crippen LogP contribution in [0.4, 0.5) is 4.39 Å². The largest absolute Gasteiger partial charge is 0.396 e. The number of aliphatic hydroxyl groups is 1. The van der Waals surface area contributed by atoms with E-state index in [1.165, 1.54) is 23.9 Å². The van der Waals surface area contributed by atoms with Gasteiger partial charge in [-0.05, 0) is 42.9 Å². The van der Waals surface area contributed by atoms with Gasteiger partial charge in [0.2, 0.25) is 0 Å². The van der Waals surface area contributed by atoms with Gasteiger partial charge in [-0.1, -0.05) is 13.3 Å². The lowest BCUT2D eigenvalue weighted by molar-refractivity contribution is 0.0830. The second-order valence-corrected chi connectivity index (χ2v) is 6.84. The summed E-state index contributed by atoms with van der Waals surface area (Å²) in [4.78, 5) is 12.4. The van der Waals surface area contributed by atoms with Crippen molar-refractivity contribution in [1.29, 1.82) is 0 Å². The fourth-order valence-electron chi connectivity index (χ4n) is 2.89. The maximum absolute atomic E-state index is 13.6. The molecule has 1 fully saturated rings. The molecule has 0 heterocycles. The first-order valence-corrected chi connectivity index (χ1v) is 8.58. The van der Waals surface area contributed by atoms with E-state index in [0.717, 1.165) is 19.3 Å². The smallest absolute Gasteiger partial charge is 0.251 e. The van der Waals surface area contributed by atoms with E-state index in [4.69, 9.17) is 0 Å². The van der Waals surface area contributed by atoms with E-state index in [0.29, 0.717) is 16.9 Å². The predicted molar refractivity (Wildman–Crippen MR) is 83.9 cm³/mol. The second kappa shape index (κ2) is 6.79. The van der Waals surface area contributed by atoms with Crippen molar-refractivity contribution in [2.24, 2.45) is 5.41 Å². The zero-order valence-electron chi connectivity index (χ0n) is 12.5. The Morgan fingerprint density at radius 3 is 3.00 bits per heavy atom. The van der Waals surface area contributed by atoms with Crippen LogP contribution in [0.1, 0.15) is 42.1 Å². The van der Waals surface area contributed by atoms with E-state index in [2.05, 4.69) is 5.32 Å². The van der Waals surface area contributed by atoms with E-state index >= 15 is 0 Å². The second-order valence-electron chi connectivity index (χ2n) is 5.97. The summed E-state index contributed by atoms with van der Waals surface area (Å²) in [6, 6.07) is 4.45. The van der Waals surface area contributed by atoms with Crippen LogP contribution in [0.3, 0.4) is 0 Å². The van der Waals surface area contributed by atoms with Crippen molar-refractivity contribution >= 4 is 17.7 Å². The highest BCUT2D eigenvalue weighted by Gasteiger charge is 2.39. The Hall–Kier alpha value is -1.07. The van der Waals surface area contributed by atoms with Crippen LogP contribution in [0.15, 0.2) is 18.2 Å². The minimum absolute atomic E-state index is 0.0240. The van der Waals surface area contributed by atoms with Gasteiger partial charge < -0.3 is 10.4 Å². The Kier molecular flexibility index (Phi) is 5.27. The van der Waals surface area contributed by atoms with Crippen molar-refractivity contribution in [3.05, 3.63) is 35.1 Å². The molecule has 0 bridgehead atoms. The Morgan fingerprint density at radius 1 is 1.57 bits per heavy atom. The molecule has 2 unspecified atom stereocenters. The number of hydrogen-bond donors (Lipinski definition) is 2. The molecule has 0 aromatic heterocycles. The molecule has 0 aliphatic heterocycles. The molecule has 2 atom stereocenters. The Labute approximate surface area is 129 Å². The molecular formula is C16H22FNO2S. The predicted octanol–water partition coefficient (Wildman–Crippen LogP) is 2.97. The molecule has 1 aliphatic carbocycles. The third-order valence-electron chi connectivity index (χ3n) is 4.36. The van der Waals surface area contributed by atoms with Gasteiger partial charge in [0.1, 0.15) is 5.82 Å². The molecule has 1 amide bonds. The van der Waals surface area contributed by atoms with Gasteiger partial charge in [0.15, 0.2) is 0 Å². The number of amides is 1. The van der Waals surface area contributed by atoms with Gasteiger partial charge in [0, 0.05) is 22.8 Å². The van der Waals surface area contributed by atoms with Gasteiger partial charge in [-0.25, -0.2) is 4.39 Å². The number of hydrogen-bond acceptors (Lipinski definition) is 3. The summed E-state index contributed by atoms with van der Waals surface area (Å²) in [5.74, 6) is 0.0796. The molecule has 1 aromatic rings. The summed E-state index contributed by atoms with van der Waals surface area (Å²) >= 11 is 1.52. The van der Waals surface area contributed by atoms with Gasteiger partial charge in [-0.3, -0.25) is 4.79 Å². The average molecular weight is 311 g/mol. The Morgan fingerprint density at radius 2 is 2.33 bits per heavy atom. The molecular weight excluding hydrogens is 289 g/mol. The van der Waals surface area contributed by atoms with E-state index < -0.39 is 0 Å². The lowest BCUT2D eigenvalue weighted by Gasteiger charge is -2.30. The molecule has 2 N–H and O–H groups in total. The third kappa shape index (κ3) is 3.58. The summed E-state index contributed by atoms with van der Waals surface area (Å²) in [6.07, 6.45) is 4.69. The molecule has 1 aromatic carbocycles. The molecule has 3 nitrogen and oxygen atoms in total. The summed E-state index contributed by atoms with van der Waals surface area (Å²) < 4.78 is 13.6. The molecule has 1 aliphatic rings. The molecule has 5 heteroatoms. The van der Waals surface area contributed by atoms with Gasteiger partial charge in [-0.15, -0.1) is 0 Å². The average Bonchev–Trinajstić information content (AvgIpc) is 2.83. The van der Waals surface area contributed by atoms with Gasteiger partial charge in [-0.2, -0.15) is 11.8 Å². The van der Waals surface area contributed by atoms with Gasteiger partial charge >= 0.3 is 0 Å². The van der Waals surface area contributed by atoms with Crippen LogP contribution in [0.5, 0.6) is 0 Å². The van der Waals surface area contributed by atoms with Crippen molar-refractivity contribution < 1.29 is 14.3 Å². The summed E-state index contributed by atoms with van der Waals surface area (Å²) in [5.41, 5.74) is 0.775. The standard InChI is InChI=1S/C16H22FNO2S/c1-16(10-19)7-3-4-14(16)18-15(20)11-5-6-13(17)12(8-11)9-21-2/h5-6,8,14,19H,3-4,7,9-10H2,1-2H3,(H,18,20). The first-order valence-electron chi connectivity index (χ1n) is 7.19. The fraction of sp³-hybridized carbons (Fsp3) is 0.562. The van der Waals surface area contributed by atoms with E-state index in [9.17, 15) is 14.3 Å². The molecule has 21 heavy (non-hydrogen) atoms. The number of nitrogens with one attached hydrogen (secondary N) is 1. The minimum Gasteiger partial charge on any atom is -0.396 e. The fourth-order valence-corrected chi connectivity index (χ4v) is 3.42. The Balaban J connectivity index is 2.12. The molecule has 116 valence electrons. The monoisotopic (exact) mass is 311 g/mol. The molecule has 1 saturated carbocycles. The number of benzene rings is 1. The lowest BCUT2D eigenvalue weighted by Crippen LogP contribution is -2.44. The minimum atomic E-state index is -0.276. The van der Waals surface area contributed by atoms with Gasteiger partial charge in [0.25, 0.3) is 5.91 Å². The molecule has 0 spiro atoms. The molecule has 0 radical (unpaired) electrons. The van der Waals surface area contributed by atoms with Crippen LogP contribution in [0.25, 0.3) is 0 Å². The Bertz CT molecular complexity index is 523. The quantitative estimate of drug-likeness (QED) is 0.879. The van der Waals surface area contributed by atoms with Gasteiger partial charge in [0.05, 0.1) is 6.61 Å². The molecule has 2 rings (SSSR count). The highest BCUT2D eigenvalue weighted by molar-refractivity contribution is 7.97. The topological polar surface area (TPSA) is 49.3 Å². The number of thioether (sulfide) groups is 1. The van der Waals surface area contributed by atoms with E-state index in [1.807, 2.05) is 13.2 Å². The van der Waals surface area contributed by atoms with E-state index in [-0.39, 0.29) is 29.8 Å². The lowest BCUT2D eigenvalue weighted by atomic mass is 9.85. The number of carbonyl (C=O) groups is 1. The first-order chi connectivity index (χ1) is 10.00. The molecule has 0 saturated heterocycles.